The minimum atomic E-state index is -0.766. The van der Waals surface area contributed by atoms with E-state index in [4.69, 9.17) is 4.42 Å². The highest BCUT2D eigenvalue weighted by Crippen LogP contribution is 2.26. The molecular weight excluding hydrogens is 250 g/mol. The van der Waals surface area contributed by atoms with Gasteiger partial charge >= 0.3 is 0 Å². The predicted octanol–water partition coefficient (Wildman–Crippen LogP) is 2.66. The number of aryl methyl sites for hydroxylation is 1. The Bertz CT molecular complexity index is 634. The van der Waals surface area contributed by atoms with Crippen molar-refractivity contribution >= 4 is 22.7 Å². The van der Waals surface area contributed by atoms with Gasteiger partial charge in [-0.2, -0.15) is 0 Å². The van der Waals surface area contributed by atoms with Gasteiger partial charge in [0.15, 0.2) is 16.1 Å². The van der Waals surface area contributed by atoms with Gasteiger partial charge in [0.25, 0.3) is 0 Å². The van der Waals surface area contributed by atoms with E-state index in [2.05, 4.69) is 4.98 Å². The molecule has 4 nitrogen and oxygen atoms in total. The normalized spacial score (nSPS) is 12.9. The minimum Gasteiger partial charge on any atom is -0.448 e. The van der Waals surface area contributed by atoms with Gasteiger partial charge in [0.05, 0.1) is 11.5 Å². The Balaban J connectivity index is 2.79. The van der Waals surface area contributed by atoms with Crippen LogP contribution in [0.2, 0.25) is 0 Å². The summed E-state index contributed by atoms with van der Waals surface area (Å²) in [6.07, 6.45) is -0.766. The van der Waals surface area contributed by atoms with E-state index >= 15 is 0 Å². The molecule has 0 amide bonds. The summed E-state index contributed by atoms with van der Waals surface area (Å²) in [5.41, 5.74) is 1.40. The lowest BCUT2D eigenvalue weighted by molar-refractivity contribution is 0.194. The Morgan fingerprint density at radius 2 is 2.22 bits per heavy atom. The fraction of sp³-hybridized carbons (Fsp3) is 0.385. The Hall–Kier alpha value is -1.33. The molecule has 0 saturated heterocycles. The maximum atomic E-state index is 12.0. The first kappa shape index (κ1) is 13.1. The van der Waals surface area contributed by atoms with Crippen LogP contribution in [-0.4, -0.2) is 15.8 Å². The lowest BCUT2D eigenvalue weighted by Gasteiger charge is -2.09. The van der Waals surface area contributed by atoms with Crippen molar-refractivity contribution in [2.75, 3.05) is 5.75 Å². The van der Waals surface area contributed by atoms with Gasteiger partial charge < -0.3 is 9.52 Å². The Labute approximate surface area is 109 Å². The summed E-state index contributed by atoms with van der Waals surface area (Å²) in [5, 5.41) is 10.8. The van der Waals surface area contributed by atoms with Crippen molar-refractivity contribution in [3.05, 3.63) is 33.7 Å². The molecule has 2 rings (SSSR count). The second-order valence-electron chi connectivity index (χ2n) is 4.06. The first-order valence-corrected chi connectivity index (χ1v) is 6.77. The Morgan fingerprint density at radius 1 is 1.50 bits per heavy atom. The molecule has 2 aromatic heterocycles. The van der Waals surface area contributed by atoms with Gasteiger partial charge in [-0.3, -0.25) is 9.78 Å². The lowest BCUT2D eigenvalue weighted by Crippen LogP contribution is -2.06. The van der Waals surface area contributed by atoms with E-state index in [0.717, 1.165) is 5.75 Å². The van der Waals surface area contributed by atoms with E-state index in [1.165, 1.54) is 17.8 Å². The van der Waals surface area contributed by atoms with Crippen molar-refractivity contribution in [1.29, 1.82) is 0 Å². The SMILES string of the molecule is CCSc1cc(=O)c2cc(C)nc(C(C)O)c2o1. The fourth-order valence-electron chi connectivity index (χ4n) is 1.79. The molecule has 0 saturated carbocycles. The second-order valence-corrected chi connectivity index (χ2v) is 5.33. The maximum absolute atomic E-state index is 12.0. The summed E-state index contributed by atoms with van der Waals surface area (Å²) in [6.45, 7) is 5.39. The Morgan fingerprint density at radius 3 is 2.83 bits per heavy atom. The molecule has 0 radical (unpaired) electrons. The summed E-state index contributed by atoms with van der Waals surface area (Å²) < 4.78 is 5.67. The molecule has 0 aliphatic carbocycles. The highest BCUT2D eigenvalue weighted by atomic mass is 32.2. The minimum absolute atomic E-state index is 0.0976. The number of hydrogen-bond acceptors (Lipinski definition) is 5. The third-order valence-electron chi connectivity index (χ3n) is 2.53. The van der Waals surface area contributed by atoms with Crippen molar-refractivity contribution in [2.45, 2.75) is 32.0 Å². The number of thioether (sulfide) groups is 1. The van der Waals surface area contributed by atoms with Gasteiger partial charge in [0, 0.05) is 11.8 Å². The third kappa shape index (κ3) is 2.42. The van der Waals surface area contributed by atoms with Gasteiger partial charge in [-0.25, -0.2) is 0 Å². The molecule has 0 spiro atoms. The van der Waals surface area contributed by atoms with Gasteiger partial charge in [-0.1, -0.05) is 18.7 Å². The van der Waals surface area contributed by atoms with Gasteiger partial charge in [0.1, 0.15) is 5.69 Å². The Kier molecular flexibility index (Phi) is 3.73. The second kappa shape index (κ2) is 5.12. The highest BCUT2D eigenvalue weighted by molar-refractivity contribution is 7.99. The van der Waals surface area contributed by atoms with Gasteiger partial charge in [-0.15, -0.1) is 0 Å². The zero-order valence-corrected chi connectivity index (χ0v) is 11.4. The number of fused-ring (bicyclic) bond motifs is 1. The van der Waals surface area contributed by atoms with Crippen LogP contribution in [0.4, 0.5) is 0 Å². The standard InChI is InChI=1S/C13H15NO3S/c1-4-18-11-6-10(16)9-5-7(2)14-12(8(3)15)13(9)17-11/h5-6,8,15H,4H2,1-3H3. The molecule has 1 N–H and O–H groups in total. The van der Waals surface area contributed by atoms with E-state index < -0.39 is 6.10 Å². The van der Waals surface area contributed by atoms with Gasteiger partial charge in [0.2, 0.25) is 0 Å². The lowest BCUT2D eigenvalue weighted by atomic mass is 10.1. The smallest absolute Gasteiger partial charge is 0.193 e. The highest BCUT2D eigenvalue weighted by Gasteiger charge is 2.15. The number of aliphatic hydroxyl groups is 1. The topological polar surface area (TPSA) is 63.3 Å². The molecule has 0 aliphatic heterocycles. The average Bonchev–Trinajstić information content (AvgIpc) is 2.29. The van der Waals surface area contributed by atoms with E-state index in [9.17, 15) is 9.90 Å². The van der Waals surface area contributed by atoms with Crippen LogP contribution in [0.5, 0.6) is 0 Å². The van der Waals surface area contributed by atoms with Crippen LogP contribution < -0.4 is 5.43 Å². The van der Waals surface area contributed by atoms with Crippen molar-refractivity contribution in [3.8, 4) is 0 Å². The maximum Gasteiger partial charge on any atom is 0.193 e. The molecule has 5 heteroatoms. The van der Waals surface area contributed by atoms with Crippen LogP contribution in [0.15, 0.2) is 26.4 Å². The molecule has 0 bridgehead atoms. The molecule has 18 heavy (non-hydrogen) atoms. The van der Waals surface area contributed by atoms with Crippen molar-refractivity contribution in [1.82, 2.24) is 4.98 Å². The van der Waals surface area contributed by atoms with Crippen LogP contribution in [0.1, 0.15) is 31.3 Å². The summed E-state index contributed by atoms with van der Waals surface area (Å²) in [5.74, 6) is 0.817. The molecule has 2 aromatic rings. The number of pyridine rings is 1. The van der Waals surface area contributed by atoms with Crippen LogP contribution in [-0.2, 0) is 0 Å². The average molecular weight is 265 g/mol. The fourth-order valence-corrected chi connectivity index (χ4v) is 2.40. The van der Waals surface area contributed by atoms with E-state index in [0.29, 0.717) is 27.4 Å². The van der Waals surface area contributed by atoms with E-state index in [-0.39, 0.29) is 5.43 Å². The monoisotopic (exact) mass is 265 g/mol. The van der Waals surface area contributed by atoms with E-state index in [1.807, 2.05) is 6.92 Å². The number of rotatable bonds is 3. The summed E-state index contributed by atoms with van der Waals surface area (Å²) in [7, 11) is 0. The van der Waals surface area contributed by atoms with Crippen LogP contribution in [0.3, 0.4) is 0 Å². The summed E-state index contributed by atoms with van der Waals surface area (Å²) in [6, 6.07) is 3.18. The number of hydrogen-bond donors (Lipinski definition) is 1. The van der Waals surface area contributed by atoms with Crippen LogP contribution in [0, 0.1) is 6.92 Å². The van der Waals surface area contributed by atoms with E-state index in [1.54, 1.807) is 19.9 Å². The summed E-state index contributed by atoms with van der Waals surface area (Å²) >= 11 is 1.45. The zero-order chi connectivity index (χ0) is 13.3. The number of aromatic nitrogens is 1. The molecule has 1 unspecified atom stereocenters. The molecule has 96 valence electrons. The van der Waals surface area contributed by atoms with Crippen molar-refractivity contribution < 1.29 is 9.52 Å². The number of nitrogens with zero attached hydrogens (tertiary/aromatic N) is 1. The number of aliphatic hydroxyl groups excluding tert-OH is 1. The molecule has 2 heterocycles. The van der Waals surface area contributed by atoms with Crippen molar-refractivity contribution in [2.24, 2.45) is 0 Å². The molecule has 1 atom stereocenters. The third-order valence-corrected chi connectivity index (χ3v) is 3.30. The first-order valence-electron chi connectivity index (χ1n) is 5.79. The zero-order valence-electron chi connectivity index (χ0n) is 10.6. The summed E-state index contributed by atoms with van der Waals surface area (Å²) in [4.78, 5) is 16.3. The van der Waals surface area contributed by atoms with Crippen LogP contribution >= 0.6 is 11.8 Å². The molecule has 0 fully saturated rings. The quantitative estimate of drug-likeness (QED) is 0.864. The van der Waals surface area contributed by atoms with Crippen molar-refractivity contribution in [3.63, 3.8) is 0 Å². The van der Waals surface area contributed by atoms with Crippen LogP contribution in [0.25, 0.3) is 11.0 Å². The molecule has 0 aliphatic rings. The largest absolute Gasteiger partial charge is 0.448 e. The molecule has 0 aromatic carbocycles. The predicted molar refractivity (Wildman–Crippen MR) is 72.0 cm³/mol. The molecular formula is C13H15NO3S. The first-order chi connectivity index (χ1) is 8.52. The van der Waals surface area contributed by atoms with Gasteiger partial charge in [-0.05, 0) is 25.7 Å².